The van der Waals surface area contributed by atoms with Gasteiger partial charge in [0.2, 0.25) is 0 Å². The maximum Gasteiger partial charge on any atom is 0.0558 e. The molecular formula is C14H23ClN2O2. The Morgan fingerprint density at radius 2 is 1.89 bits per heavy atom. The topological polar surface area (TPSA) is 69.7 Å². The van der Waals surface area contributed by atoms with E-state index in [0.29, 0.717) is 18.1 Å². The molecule has 0 spiro atoms. The number of hydrogen-bond acceptors (Lipinski definition) is 4. The normalized spacial score (nSPS) is 14.6. The van der Waals surface area contributed by atoms with Gasteiger partial charge in [0.15, 0.2) is 0 Å². The van der Waals surface area contributed by atoms with Crippen LogP contribution in [0.15, 0.2) is 24.3 Å². The summed E-state index contributed by atoms with van der Waals surface area (Å²) in [5, 5.41) is 19.0. The SMILES string of the molecule is CCC(N)C(c1cccc(Cl)c1)N(CCO)CCO. The summed E-state index contributed by atoms with van der Waals surface area (Å²) < 4.78 is 0. The van der Waals surface area contributed by atoms with Gasteiger partial charge in [-0.3, -0.25) is 4.90 Å². The molecule has 0 fully saturated rings. The van der Waals surface area contributed by atoms with Gasteiger partial charge >= 0.3 is 0 Å². The van der Waals surface area contributed by atoms with Crippen molar-refractivity contribution in [3.63, 3.8) is 0 Å². The van der Waals surface area contributed by atoms with Crippen LogP contribution in [-0.2, 0) is 0 Å². The van der Waals surface area contributed by atoms with Crippen molar-refractivity contribution in [2.75, 3.05) is 26.3 Å². The average Bonchev–Trinajstić information content (AvgIpc) is 2.39. The van der Waals surface area contributed by atoms with Gasteiger partial charge in [-0.1, -0.05) is 30.7 Å². The summed E-state index contributed by atoms with van der Waals surface area (Å²) in [6, 6.07) is 7.46. The van der Waals surface area contributed by atoms with E-state index in [0.717, 1.165) is 12.0 Å². The highest BCUT2D eigenvalue weighted by Gasteiger charge is 2.25. The second-order valence-electron chi connectivity index (χ2n) is 4.56. The molecule has 0 saturated heterocycles. The van der Waals surface area contributed by atoms with E-state index in [-0.39, 0.29) is 25.3 Å². The average molecular weight is 287 g/mol. The lowest BCUT2D eigenvalue weighted by Crippen LogP contribution is -2.43. The third kappa shape index (κ3) is 4.75. The first kappa shape index (κ1) is 16.4. The Kier molecular flexibility index (Phi) is 7.34. The van der Waals surface area contributed by atoms with E-state index in [4.69, 9.17) is 17.3 Å². The summed E-state index contributed by atoms with van der Waals surface area (Å²) in [4.78, 5) is 2.00. The molecule has 4 N–H and O–H groups in total. The van der Waals surface area contributed by atoms with Crippen LogP contribution >= 0.6 is 11.6 Å². The number of nitrogens with zero attached hydrogens (tertiary/aromatic N) is 1. The molecule has 19 heavy (non-hydrogen) atoms. The van der Waals surface area contributed by atoms with E-state index in [1.54, 1.807) is 0 Å². The zero-order valence-corrected chi connectivity index (χ0v) is 12.1. The molecule has 2 unspecified atom stereocenters. The molecule has 0 aliphatic rings. The molecule has 1 aromatic carbocycles. The monoisotopic (exact) mass is 286 g/mol. The molecular weight excluding hydrogens is 264 g/mol. The van der Waals surface area contributed by atoms with Crippen LogP contribution in [0.5, 0.6) is 0 Å². The molecule has 0 aliphatic carbocycles. The number of aliphatic hydroxyl groups excluding tert-OH is 2. The Morgan fingerprint density at radius 3 is 2.37 bits per heavy atom. The Hall–Kier alpha value is -0.650. The van der Waals surface area contributed by atoms with Crippen molar-refractivity contribution < 1.29 is 10.2 Å². The van der Waals surface area contributed by atoms with Crippen molar-refractivity contribution in [2.24, 2.45) is 5.73 Å². The Balaban J connectivity index is 3.04. The van der Waals surface area contributed by atoms with Crippen LogP contribution in [0.2, 0.25) is 5.02 Å². The minimum atomic E-state index is -0.0726. The summed E-state index contributed by atoms with van der Waals surface area (Å²) in [6.45, 7) is 3.05. The number of rotatable bonds is 8. The second-order valence-corrected chi connectivity index (χ2v) is 4.99. The van der Waals surface area contributed by atoms with E-state index >= 15 is 0 Å². The van der Waals surface area contributed by atoms with Gasteiger partial charge in [0, 0.05) is 24.2 Å². The Bertz CT molecular complexity index is 370. The third-order valence-electron chi connectivity index (χ3n) is 3.23. The van der Waals surface area contributed by atoms with E-state index in [2.05, 4.69) is 0 Å². The number of benzene rings is 1. The lowest BCUT2D eigenvalue weighted by Gasteiger charge is -2.35. The van der Waals surface area contributed by atoms with Crippen molar-refractivity contribution >= 4 is 11.6 Å². The molecule has 108 valence electrons. The van der Waals surface area contributed by atoms with Gasteiger partial charge in [-0.2, -0.15) is 0 Å². The maximum absolute atomic E-state index is 9.18. The zero-order valence-electron chi connectivity index (χ0n) is 11.3. The van der Waals surface area contributed by atoms with Gasteiger partial charge in [0.25, 0.3) is 0 Å². The first-order chi connectivity index (χ1) is 9.13. The van der Waals surface area contributed by atoms with Crippen LogP contribution in [0.3, 0.4) is 0 Å². The summed E-state index contributed by atoms with van der Waals surface area (Å²) in [5.41, 5.74) is 7.23. The molecule has 0 saturated carbocycles. The molecule has 1 rings (SSSR count). The number of halogens is 1. The van der Waals surface area contributed by atoms with Gasteiger partial charge in [0.1, 0.15) is 0 Å². The maximum atomic E-state index is 9.18. The Labute approximate surface area is 119 Å². The fraction of sp³-hybridized carbons (Fsp3) is 0.571. The van der Waals surface area contributed by atoms with Gasteiger partial charge in [-0.05, 0) is 24.1 Å². The van der Waals surface area contributed by atoms with Gasteiger partial charge in [0.05, 0.1) is 19.3 Å². The van der Waals surface area contributed by atoms with Crippen LogP contribution in [0.25, 0.3) is 0 Å². The highest BCUT2D eigenvalue weighted by molar-refractivity contribution is 6.30. The van der Waals surface area contributed by atoms with E-state index in [9.17, 15) is 10.2 Å². The van der Waals surface area contributed by atoms with Crippen molar-refractivity contribution in [3.05, 3.63) is 34.9 Å². The van der Waals surface area contributed by atoms with Crippen LogP contribution in [0, 0.1) is 0 Å². The standard InChI is InChI=1S/C14H23ClN2O2/c1-2-13(16)14(17(6-8-18)7-9-19)11-4-3-5-12(15)10-11/h3-5,10,13-14,18-19H,2,6-9,16H2,1H3. The molecule has 0 aromatic heterocycles. The van der Waals surface area contributed by atoms with Crippen molar-refractivity contribution in [2.45, 2.75) is 25.4 Å². The van der Waals surface area contributed by atoms with E-state index in [1.807, 2.05) is 36.1 Å². The summed E-state index contributed by atoms with van der Waals surface area (Å²) in [5.74, 6) is 0. The minimum Gasteiger partial charge on any atom is -0.395 e. The molecule has 1 aromatic rings. The van der Waals surface area contributed by atoms with Crippen LogP contribution in [-0.4, -0.2) is 47.5 Å². The second kappa shape index (κ2) is 8.51. The predicted molar refractivity (Wildman–Crippen MR) is 78.2 cm³/mol. The minimum absolute atomic E-state index is 0.0352. The lowest BCUT2D eigenvalue weighted by molar-refractivity contribution is 0.107. The first-order valence-corrected chi connectivity index (χ1v) is 6.98. The summed E-state index contributed by atoms with van der Waals surface area (Å²) in [7, 11) is 0. The summed E-state index contributed by atoms with van der Waals surface area (Å²) >= 11 is 6.04. The van der Waals surface area contributed by atoms with E-state index < -0.39 is 0 Å². The fourth-order valence-electron chi connectivity index (χ4n) is 2.29. The molecule has 0 amide bonds. The third-order valence-corrected chi connectivity index (χ3v) is 3.47. The van der Waals surface area contributed by atoms with Crippen molar-refractivity contribution in [3.8, 4) is 0 Å². The number of nitrogens with two attached hydrogens (primary N) is 1. The number of aliphatic hydroxyl groups is 2. The van der Waals surface area contributed by atoms with Gasteiger partial charge in [-0.25, -0.2) is 0 Å². The first-order valence-electron chi connectivity index (χ1n) is 6.60. The zero-order chi connectivity index (χ0) is 14.3. The molecule has 5 heteroatoms. The van der Waals surface area contributed by atoms with Gasteiger partial charge < -0.3 is 15.9 Å². The molecule has 0 heterocycles. The van der Waals surface area contributed by atoms with Crippen molar-refractivity contribution in [1.29, 1.82) is 0 Å². The fourth-order valence-corrected chi connectivity index (χ4v) is 2.49. The Morgan fingerprint density at radius 1 is 1.26 bits per heavy atom. The van der Waals surface area contributed by atoms with E-state index in [1.165, 1.54) is 0 Å². The van der Waals surface area contributed by atoms with Crippen molar-refractivity contribution in [1.82, 2.24) is 4.90 Å². The largest absolute Gasteiger partial charge is 0.395 e. The summed E-state index contributed by atoms with van der Waals surface area (Å²) in [6.07, 6.45) is 0.810. The van der Waals surface area contributed by atoms with Crippen LogP contribution in [0.1, 0.15) is 24.9 Å². The molecule has 0 aliphatic heterocycles. The molecule has 0 bridgehead atoms. The number of hydrogen-bond donors (Lipinski definition) is 3. The predicted octanol–water partition coefficient (Wildman–Crippen LogP) is 1.41. The smallest absolute Gasteiger partial charge is 0.0558 e. The van der Waals surface area contributed by atoms with Crippen LogP contribution in [0.4, 0.5) is 0 Å². The van der Waals surface area contributed by atoms with Gasteiger partial charge in [-0.15, -0.1) is 0 Å². The molecule has 4 nitrogen and oxygen atoms in total. The quantitative estimate of drug-likeness (QED) is 0.676. The molecule has 0 radical (unpaired) electrons. The highest BCUT2D eigenvalue weighted by atomic mass is 35.5. The molecule has 2 atom stereocenters. The highest BCUT2D eigenvalue weighted by Crippen LogP contribution is 2.26. The van der Waals surface area contributed by atoms with Crippen LogP contribution < -0.4 is 5.73 Å². The lowest BCUT2D eigenvalue weighted by atomic mass is 9.96.